The molecular formula is C15H15BrN3O2SSe. The molecule has 0 bridgehead atoms. The van der Waals surface area contributed by atoms with Gasteiger partial charge in [0, 0.05) is 0 Å². The number of nitrogens with zero attached hydrogens (tertiary/aromatic N) is 1. The molecule has 0 spiro atoms. The quantitative estimate of drug-likeness (QED) is 0.408. The third-order valence-corrected chi connectivity index (χ3v) is 4.95. The van der Waals surface area contributed by atoms with Gasteiger partial charge in [-0.3, -0.25) is 0 Å². The van der Waals surface area contributed by atoms with Crippen molar-refractivity contribution < 1.29 is 8.42 Å². The van der Waals surface area contributed by atoms with Crippen LogP contribution in [0.1, 0.15) is 5.56 Å². The maximum atomic E-state index is 11.2. The summed E-state index contributed by atoms with van der Waals surface area (Å²) in [5.74, 6) is 0. The zero-order chi connectivity index (χ0) is 16.9. The Morgan fingerprint density at radius 3 is 2.30 bits per heavy atom. The van der Waals surface area contributed by atoms with Crippen LogP contribution in [0, 0.1) is 0 Å². The first-order chi connectivity index (χ1) is 10.8. The number of hydrogen-bond acceptors (Lipinski definition) is 3. The van der Waals surface area contributed by atoms with Crippen molar-refractivity contribution in [1.82, 2.24) is 0 Å². The Bertz CT molecular complexity index is 790. The Hall–Kier alpha value is -1.18. The molecule has 2 aromatic rings. The van der Waals surface area contributed by atoms with Gasteiger partial charge in [-0.15, -0.1) is 0 Å². The molecule has 0 aliphatic rings. The van der Waals surface area contributed by atoms with Gasteiger partial charge in [-0.2, -0.15) is 0 Å². The summed E-state index contributed by atoms with van der Waals surface area (Å²) in [5.41, 5.74) is 1.95. The Labute approximate surface area is 152 Å². The second-order valence-electron chi connectivity index (χ2n) is 4.76. The number of amidine groups is 1. The van der Waals surface area contributed by atoms with Crippen molar-refractivity contribution in [3.8, 4) is 0 Å². The molecule has 0 aliphatic heterocycles. The molecule has 0 aliphatic carbocycles. The summed E-state index contributed by atoms with van der Waals surface area (Å²) < 4.78 is 24.1. The summed E-state index contributed by atoms with van der Waals surface area (Å²) in [7, 11) is -3.64. The van der Waals surface area contributed by atoms with E-state index in [1.54, 1.807) is 12.1 Å². The molecule has 0 heterocycles. The molecule has 2 rings (SSSR count). The summed E-state index contributed by atoms with van der Waals surface area (Å²) in [6, 6.07) is 14.3. The number of benzene rings is 2. The monoisotopic (exact) mass is 460 g/mol. The Morgan fingerprint density at radius 2 is 1.74 bits per heavy atom. The molecule has 3 N–H and O–H groups in total. The van der Waals surface area contributed by atoms with E-state index in [4.69, 9.17) is 5.14 Å². The van der Waals surface area contributed by atoms with Crippen molar-refractivity contribution >= 4 is 52.4 Å². The van der Waals surface area contributed by atoms with E-state index in [1.165, 1.54) is 12.1 Å². The Morgan fingerprint density at radius 1 is 1.13 bits per heavy atom. The number of aliphatic imine (C=N–C) groups is 1. The van der Waals surface area contributed by atoms with Crippen LogP contribution in [0.15, 0.2) is 62.9 Å². The van der Waals surface area contributed by atoms with Crippen LogP contribution in [0.5, 0.6) is 0 Å². The van der Waals surface area contributed by atoms with Crippen LogP contribution < -0.4 is 10.5 Å². The molecular weight excluding hydrogens is 445 g/mol. The molecule has 0 amide bonds. The second kappa shape index (κ2) is 8.08. The van der Waals surface area contributed by atoms with Crippen LogP contribution >= 0.6 is 15.9 Å². The standard InChI is InChI=1S/C15H15BrN3O2SSe/c16-12-3-5-13(6-4-12)19-15(23)18-10-9-11-1-7-14(8-2-11)22(17,20)21/h1-8H,9-10H2,(H,18,19)(H2,17,20,21). The Balaban J connectivity index is 1.89. The summed E-state index contributed by atoms with van der Waals surface area (Å²) in [4.78, 5) is 4.52. The van der Waals surface area contributed by atoms with Crippen LogP contribution in [-0.4, -0.2) is 35.7 Å². The van der Waals surface area contributed by atoms with Crippen LogP contribution in [0.3, 0.4) is 0 Å². The fraction of sp³-hybridized carbons (Fsp3) is 0.133. The van der Waals surface area contributed by atoms with Crippen LogP contribution in [-0.2, 0) is 16.4 Å². The van der Waals surface area contributed by atoms with Crippen LogP contribution in [0.25, 0.3) is 0 Å². The molecule has 2 aromatic carbocycles. The van der Waals surface area contributed by atoms with Crippen LogP contribution in [0.4, 0.5) is 5.69 Å². The van der Waals surface area contributed by atoms with Gasteiger partial charge >= 0.3 is 153 Å². The SMILES string of the molecule is NS(=O)(=O)c1ccc(CCN=C([Se])Nc2ccc(Br)cc2)cc1. The van der Waals surface area contributed by atoms with Gasteiger partial charge in [0.05, 0.1) is 0 Å². The van der Waals surface area contributed by atoms with E-state index in [0.717, 1.165) is 15.7 Å². The van der Waals surface area contributed by atoms with Crippen molar-refractivity contribution in [2.45, 2.75) is 11.3 Å². The molecule has 0 atom stereocenters. The van der Waals surface area contributed by atoms with Crippen LogP contribution in [0.2, 0.25) is 0 Å². The maximum absolute atomic E-state index is 11.2. The van der Waals surface area contributed by atoms with E-state index >= 15 is 0 Å². The summed E-state index contributed by atoms with van der Waals surface area (Å²) in [6.07, 6.45) is 0.706. The molecule has 0 fully saturated rings. The first kappa shape index (κ1) is 18.2. The van der Waals surface area contributed by atoms with Crippen molar-refractivity contribution in [2.24, 2.45) is 10.1 Å². The molecule has 0 unspecified atom stereocenters. The predicted molar refractivity (Wildman–Crippen MR) is 97.3 cm³/mol. The van der Waals surface area contributed by atoms with E-state index in [9.17, 15) is 8.42 Å². The minimum atomic E-state index is -3.64. The normalized spacial score (nSPS) is 12.2. The zero-order valence-electron chi connectivity index (χ0n) is 12.1. The molecule has 0 saturated carbocycles. The van der Waals surface area contributed by atoms with E-state index in [-0.39, 0.29) is 4.90 Å². The van der Waals surface area contributed by atoms with E-state index in [1.807, 2.05) is 24.3 Å². The number of sulfonamides is 1. The average Bonchev–Trinajstić information content (AvgIpc) is 2.49. The van der Waals surface area contributed by atoms with E-state index < -0.39 is 10.0 Å². The van der Waals surface area contributed by atoms with E-state index in [0.29, 0.717) is 17.7 Å². The summed E-state index contributed by atoms with van der Waals surface area (Å²) >= 11 is 6.27. The number of nitrogens with one attached hydrogen (secondary N) is 1. The zero-order valence-corrected chi connectivity index (χ0v) is 16.2. The van der Waals surface area contributed by atoms with E-state index in [2.05, 4.69) is 42.3 Å². The summed E-state index contributed by atoms with van der Waals surface area (Å²) in [6.45, 7) is 0.584. The van der Waals surface area contributed by atoms with Gasteiger partial charge in [-0.25, -0.2) is 0 Å². The molecule has 1 radical (unpaired) electrons. The topological polar surface area (TPSA) is 84.6 Å². The Kier molecular flexibility index (Phi) is 6.38. The van der Waals surface area contributed by atoms with Crippen molar-refractivity contribution in [3.63, 3.8) is 0 Å². The number of nitrogens with two attached hydrogens (primary N) is 1. The van der Waals surface area contributed by atoms with Gasteiger partial charge in [0.15, 0.2) is 0 Å². The molecule has 0 saturated heterocycles. The molecule has 8 heteroatoms. The van der Waals surface area contributed by atoms with Crippen molar-refractivity contribution in [1.29, 1.82) is 0 Å². The third kappa shape index (κ3) is 6.08. The first-order valence-electron chi connectivity index (χ1n) is 6.70. The fourth-order valence-electron chi connectivity index (χ4n) is 1.83. The average molecular weight is 460 g/mol. The van der Waals surface area contributed by atoms with Gasteiger partial charge in [0.25, 0.3) is 0 Å². The molecule has 5 nitrogen and oxygen atoms in total. The number of primary sulfonamides is 1. The third-order valence-electron chi connectivity index (χ3n) is 3.00. The van der Waals surface area contributed by atoms with Gasteiger partial charge in [-0.1, -0.05) is 0 Å². The fourth-order valence-corrected chi connectivity index (χ4v) is 3.05. The number of halogens is 1. The number of anilines is 1. The van der Waals surface area contributed by atoms with Crippen molar-refractivity contribution in [3.05, 3.63) is 58.6 Å². The molecule has 121 valence electrons. The predicted octanol–water partition coefficient (Wildman–Crippen LogP) is 2.28. The number of hydrogen-bond donors (Lipinski definition) is 2. The summed E-state index contributed by atoms with van der Waals surface area (Å²) in [5, 5.41) is 8.23. The van der Waals surface area contributed by atoms with Crippen molar-refractivity contribution in [2.75, 3.05) is 11.9 Å². The second-order valence-corrected chi connectivity index (χ2v) is 8.05. The van der Waals surface area contributed by atoms with Gasteiger partial charge in [-0.05, 0) is 0 Å². The molecule has 23 heavy (non-hydrogen) atoms. The van der Waals surface area contributed by atoms with Gasteiger partial charge < -0.3 is 0 Å². The first-order valence-corrected chi connectivity index (χ1v) is 9.90. The molecule has 0 aromatic heterocycles. The minimum absolute atomic E-state index is 0.117. The number of rotatable bonds is 5. The van der Waals surface area contributed by atoms with Gasteiger partial charge in [0.1, 0.15) is 0 Å². The van der Waals surface area contributed by atoms with Gasteiger partial charge in [0.2, 0.25) is 0 Å².